The number of rotatable bonds is 2. The van der Waals surface area contributed by atoms with Crippen LogP contribution in [0.15, 0.2) is 57.9 Å². The number of furan rings is 1. The van der Waals surface area contributed by atoms with Gasteiger partial charge in [-0.2, -0.15) is 4.98 Å². The van der Waals surface area contributed by atoms with Crippen LogP contribution >= 0.6 is 0 Å². The van der Waals surface area contributed by atoms with Crippen molar-refractivity contribution in [2.24, 2.45) is 0 Å². The van der Waals surface area contributed by atoms with Gasteiger partial charge in [-0.25, -0.2) is 0 Å². The van der Waals surface area contributed by atoms with Crippen LogP contribution in [0.4, 0.5) is 5.69 Å². The first-order valence-corrected chi connectivity index (χ1v) is 6.32. The minimum Gasteiger partial charge on any atom is -0.464 e. The third-order valence-electron chi connectivity index (χ3n) is 3.15. The fourth-order valence-corrected chi connectivity index (χ4v) is 2.18. The van der Waals surface area contributed by atoms with E-state index in [1.165, 1.54) is 0 Å². The van der Waals surface area contributed by atoms with E-state index in [4.69, 9.17) is 14.7 Å². The standard InChI is InChI=1S/C15H10N4O2/c16-10-5-9(6-17-7-10)15-18-14(19-21-15)12-8-20-13-4-2-1-3-11(12)13/h1-8H,16H2. The van der Waals surface area contributed by atoms with Gasteiger partial charge in [0.1, 0.15) is 11.8 Å². The van der Waals surface area contributed by atoms with Crippen LogP contribution in [0.3, 0.4) is 0 Å². The lowest BCUT2D eigenvalue weighted by Gasteiger charge is -1.94. The minimum absolute atomic E-state index is 0.370. The van der Waals surface area contributed by atoms with E-state index in [0.717, 1.165) is 16.5 Å². The number of nitrogens with two attached hydrogens (primary N) is 1. The van der Waals surface area contributed by atoms with E-state index in [2.05, 4.69) is 15.1 Å². The molecule has 0 bridgehead atoms. The topological polar surface area (TPSA) is 91.0 Å². The summed E-state index contributed by atoms with van der Waals surface area (Å²) >= 11 is 0. The SMILES string of the molecule is Nc1cncc(-c2nc(-c3coc4ccccc34)no2)c1. The molecule has 21 heavy (non-hydrogen) atoms. The van der Waals surface area contributed by atoms with Gasteiger partial charge in [-0.1, -0.05) is 23.4 Å². The second kappa shape index (κ2) is 4.45. The van der Waals surface area contributed by atoms with Crippen molar-refractivity contribution in [2.75, 3.05) is 5.73 Å². The van der Waals surface area contributed by atoms with Crippen molar-refractivity contribution in [1.82, 2.24) is 15.1 Å². The van der Waals surface area contributed by atoms with Gasteiger partial charge in [0.15, 0.2) is 0 Å². The van der Waals surface area contributed by atoms with Crippen molar-refractivity contribution in [3.63, 3.8) is 0 Å². The Kier molecular flexibility index (Phi) is 2.47. The third-order valence-corrected chi connectivity index (χ3v) is 3.15. The normalized spacial score (nSPS) is 11.0. The molecule has 0 aliphatic carbocycles. The zero-order valence-electron chi connectivity index (χ0n) is 10.9. The van der Waals surface area contributed by atoms with Crippen molar-refractivity contribution in [2.45, 2.75) is 0 Å². The molecule has 6 nitrogen and oxygen atoms in total. The molecule has 4 aromatic rings. The maximum Gasteiger partial charge on any atom is 0.259 e. The van der Waals surface area contributed by atoms with E-state index in [0.29, 0.717) is 23.0 Å². The Morgan fingerprint density at radius 3 is 2.90 bits per heavy atom. The number of benzene rings is 1. The number of aromatic nitrogens is 3. The Bertz CT molecular complexity index is 926. The van der Waals surface area contributed by atoms with E-state index in [9.17, 15) is 0 Å². The monoisotopic (exact) mass is 278 g/mol. The Labute approximate surface area is 119 Å². The molecule has 0 amide bonds. The molecule has 0 unspecified atom stereocenters. The van der Waals surface area contributed by atoms with Crippen LogP contribution in [0.25, 0.3) is 33.8 Å². The Morgan fingerprint density at radius 1 is 1.10 bits per heavy atom. The molecule has 0 atom stereocenters. The summed E-state index contributed by atoms with van der Waals surface area (Å²) in [5, 5.41) is 4.94. The van der Waals surface area contributed by atoms with Gasteiger partial charge in [0, 0.05) is 17.8 Å². The predicted molar refractivity (Wildman–Crippen MR) is 77.1 cm³/mol. The highest BCUT2D eigenvalue weighted by Crippen LogP contribution is 2.30. The number of nitrogens with zero attached hydrogens (tertiary/aromatic N) is 3. The molecule has 0 spiro atoms. The molecule has 3 aromatic heterocycles. The maximum atomic E-state index is 5.70. The Hall–Kier alpha value is -3.15. The lowest BCUT2D eigenvalue weighted by Crippen LogP contribution is -1.87. The van der Waals surface area contributed by atoms with Gasteiger partial charge in [-0.15, -0.1) is 0 Å². The number of hydrogen-bond acceptors (Lipinski definition) is 6. The average molecular weight is 278 g/mol. The molecule has 0 radical (unpaired) electrons. The van der Waals surface area contributed by atoms with Crippen LogP contribution < -0.4 is 5.73 Å². The van der Waals surface area contributed by atoms with Gasteiger partial charge >= 0.3 is 0 Å². The number of anilines is 1. The summed E-state index contributed by atoms with van der Waals surface area (Å²) in [6.45, 7) is 0. The number of nitrogen functional groups attached to an aromatic ring is 1. The van der Waals surface area contributed by atoms with Crippen LogP contribution in [0.5, 0.6) is 0 Å². The van der Waals surface area contributed by atoms with Gasteiger partial charge in [-0.3, -0.25) is 4.98 Å². The molecule has 102 valence electrons. The summed E-state index contributed by atoms with van der Waals surface area (Å²) in [6.07, 6.45) is 4.81. The molecule has 2 N–H and O–H groups in total. The van der Waals surface area contributed by atoms with Crippen molar-refractivity contribution in [3.8, 4) is 22.8 Å². The Morgan fingerprint density at radius 2 is 2.00 bits per heavy atom. The van der Waals surface area contributed by atoms with Crippen LogP contribution in [0, 0.1) is 0 Å². The van der Waals surface area contributed by atoms with Gasteiger partial charge in [-0.05, 0) is 12.1 Å². The van der Waals surface area contributed by atoms with Gasteiger partial charge < -0.3 is 14.7 Å². The summed E-state index contributed by atoms with van der Waals surface area (Å²) in [5.74, 6) is 0.840. The van der Waals surface area contributed by atoms with Crippen LogP contribution in [-0.4, -0.2) is 15.1 Å². The van der Waals surface area contributed by atoms with E-state index in [1.807, 2.05) is 24.3 Å². The lowest BCUT2D eigenvalue weighted by atomic mass is 10.2. The zero-order valence-corrected chi connectivity index (χ0v) is 10.9. The summed E-state index contributed by atoms with van der Waals surface area (Å²) in [6, 6.07) is 9.42. The molecule has 3 heterocycles. The fraction of sp³-hybridized carbons (Fsp3) is 0. The summed E-state index contributed by atoms with van der Waals surface area (Å²) in [5.41, 5.74) is 8.50. The van der Waals surface area contributed by atoms with Gasteiger partial charge in [0.05, 0.1) is 16.8 Å². The highest BCUT2D eigenvalue weighted by molar-refractivity contribution is 5.92. The summed E-state index contributed by atoms with van der Waals surface area (Å²) in [4.78, 5) is 8.39. The van der Waals surface area contributed by atoms with Crippen LogP contribution in [-0.2, 0) is 0 Å². The first kappa shape index (κ1) is 11.7. The van der Waals surface area contributed by atoms with E-state index in [1.54, 1.807) is 24.7 Å². The molecule has 0 saturated heterocycles. The summed E-state index contributed by atoms with van der Waals surface area (Å²) in [7, 11) is 0. The minimum atomic E-state index is 0.370. The number of pyridine rings is 1. The van der Waals surface area contributed by atoms with Gasteiger partial charge in [0.2, 0.25) is 5.82 Å². The third kappa shape index (κ3) is 1.93. The molecule has 1 aromatic carbocycles. The average Bonchev–Trinajstić information content (AvgIpc) is 3.14. The highest BCUT2D eigenvalue weighted by Gasteiger charge is 2.15. The van der Waals surface area contributed by atoms with Gasteiger partial charge in [0.25, 0.3) is 5.89 Å². The van der Waals surface area contributed by atoms with Crippen molar-refractivity contribution in [3.05, 3.63) is 49.0 Å². The van der Waals surface area contributed by atoms with Crippen molar-refractivity contribution >= 4 is 16.7 Å². The molecule has 0 aliphatic rings. The fourth-order valence-electron chi connectivity index (χ4n) is 2.18. The van der Waals surface area contributed by atoms with Crippen LogP contribution in [0.2, 0.25) is 0 Å². The lowest BCUT2D eigenvalue weighted by molar-refractivity contribution is 0.432. The zero-order chi connectivity index (χ0) is 14.2. The first-order chi connectivity index (χ1) is 10.3. The molecule has 0 saturated carbocycles. The first-order valence-electron chi connectivity index (χ1n) is 6.32. The molecule has 0 aliphatic heterocycles. The van der Waals surface area contributed by atoms with E-state index < -0.39 is 0 Å². The highest BCUT2D eigenvalue weighted by atomic mass is 16.5. The molecule has 6 heteroatoms. The molecular weight excluding hydrogens is 268 g/mol. The smallest absolute Gasteiger partial charge is 0.259 e. The summed E-state index contributed by atoms with van der Waals surface area (Å²) < 4.78 is 10.8. The number of fused-ring (bicyclic) bond motifs is 1. The maximum absolute atomic E-state index is 5.70. The van der Waals surface area contributed by atoms with Crippen LogP contribution in [0.1, 0.15) is 0 Å². The second-order valence-electron chi connectivity index (χ2n) is 4.58. The molecular formula is C15H10N4O2. The number of para-hydroxylation sites is 1. The van der Waals surface area contributed by atoms with Crippen molar-refractivity contribution < 1.29 is 8.94 Å². The van der Waals surface area contributed by atoms with E-state index >= 15 is 0 Å². The predicted octanol–water partition coefficient (Wildman–Crippen LogP) is 3.13. The quantitative estimate of drug-likeness (QED) is 0.605. The van der Waals surface area contributed by atoms with Crippen molar-refractivity contribution in [1.29, 1.82) is 0 Å². The molecule has 0 fully saturated rings. The second-order valence-corrected chi connectivity index (χ2v) is 4.58. The number of hydrogen-bond donors (Lipinski definition) is 1. The van der Waals surface area contributed by atoms with E-state index in [-0.39, 0.29) is 0 Å². The Balaban J connectivity index is 1.81. The molecule has 4 rings (SSSR count). The largest absolute Gasteiger partial charge is 0.464 e.